The summed E-state index contributed by atoms with van der Waals surface area (Å²) in [5.74, 6) is 0.582. The van der Waals surface area contributed by atoms with Crippen LogP contribution in [0.5, 0.6) is 11.8 Å². The van der Waals surface area contributed by atoms with Crippen LogP contribution in [0.2, 0.25) is 0 Å². The number of rotatable bonds is 11. The number of hydrogen-bond acceptors (Lipinski definition) is 9. The number of ether oxygens (including phenoxy) is 2. The smallest absolute Gasteiger partial charge is 0.434 e. The number of aryl methyl sites for hydroxylation is 1. The van der Waals surface area contributed by atoms with Gasteiger partial charge in [-0.05, 0) is 44.0 Å². The van der Waals surface area contributed by atoms with E-state index in [1.807, 2.05) is 0 Å². The van der Waals surface area contributed by atoms with Crippen molar-refractivity contribution in [2.24, 2.45) is 12.0 Å². The molecule has 224 valence electrons. The van der Waals surface area contributed by atoms with E-state index in [4.69, 9.17) is 14.5 Å². The van der Waals surface area contributed by atoms with Gasteiger partial charge in [0.2, 0.25) is 11.8 Å². The van der Waals surface area contributed by atoms with E-state index < -0.39 is 17.7 Å². The number of nitrogens with zero attached hydrogens (tertiary/aromatic N) is 8. The van der Waals surface area contributed by atoms with Gasteiger partial charge in [0.25, 0.3) is 0 Å². The molecule has 1 aromatic carbocycles. The Labute approximate surface area is 244 Å². The number of alkyl halides is 3. The first-order chi connectivity index (χ1) is 20.6. The van der Waals surface area contributed by atoms with Gasteiger partial charge in [0.05, 0.1) is 19.0 Å². The van der Waals surface area contributed by atoms with Crippen molar-refractivity contribution >= 4 is 17.8 Å². The molecular weight excluding hydrogens is 568 g/mol. The Kier molecular flexibility index (Phi) is 7.44. The minimum absolute atomic E-state index is 0.0396. The Balaban J connectivity index is 1.26. The summed E-state index contributed by atoms with van der Waals surface area (Å²) in [5.41, 5.74) is 2.00. The second-order valence-corrected chi connectivity index (χ2v) is 10.6. The van der Waals surface area contributed by atoms with Crippen LogP contribution >= 0.6 is 0 Å². The van der Waals surface area contributed by atoms with Gasteiger partial charge in [-0.2, -0.15) is 23.3 Å². The fourth-order valence-corrected chi connectivity index (χ4v) is 4.83. The predicted octanol–water partition coefficient (Wildman–Crippen LogP) is 5.49. The van der Waals surface area contributed by atoms with E-state index in [0.717, 1.165) is 37.6 Å². The average Bonchev–Trinajstić information content (AvgIpc) is 3.90. The highest BCUT2D eigenvalue weighted by atomic mass is 19.4. The zero-order valence-electron chi connectivity index (χ0n) is 23.5. The summed E-state index contributed by atoms with van der Waals surface area (Å²) in [7, 11) is 3.27. The first-order valence-electron chi connectivity index (χ1n) is 13.7. The molecule has 0 bridgehead atoms. The summed E-state index contributed by atoms with van der Waals surface area (Å²) in [6.45, 7) is 2.95. The van der Waals surface area contributed by atoms with Crippen molar-refractivity contribution in [2.75, 3.05) is 7.11 Å². The molecule has 0 radical (unpaired) electrons. The van der Waals surface area contributed by atoms with Gasteiger partial charge >= 0.3 is 6.18 Å². The highest BCUT2D eigenvalue weighted by Gasteiger charge is 2.36. The van der Waals surface area contributed by atoms with Gasteiger partial charge in [-0.1, -0.05) is 12.1 Å². The monoisotopic (exact) mass is 596 g/mol. The third-order valence-electron chi connectivity index (χ3n) is 7.28. The molecular formula is C29H28F4N8O2. The van der Waals surface area contributed by atoms with E-state index in [2.05, 4.69) is 31.8 Å². The summed E-state index contributed by atoms with van der Waals surface area (Å²) in [6, 6.07) is 4.41. The van der Waals surface area contributed by atoms with Crippen LogP contribution in [0.4, 0.5) is 17.6 Å². The van der Waals surface area contributed by atoms with Crippen LogP contribution < -0.4 is 9.47 Å². The van der Waals surface area contributed by atoms with Gasteiger partial charge in [0.15, 0.2) is 17.0 Å². The number of halogens is 4. The molecule has 3 aromatic heterocycles. The Bertz CT molecular complexity index is 1710. The Morgan fingerprint density at radius 2 is 1.95 bits per heavy atom. The molecule has 2 aliphatic rings. The SMILES string of the molecule is C=N/C(=C\N(Cc1ccc(COc2nc(-c3c(OC)ncnc3C3CC3)nc3cn(C)nc23)cc1F)C1CC1)C(F)(F)F. The summed E-state index contributed by atoms with van der Waals surface area (Å²) >= 11 is 0. The Morgan fingerprint density at radius 1 is 1.16 bits per heavy atom. The number of hydrogen-bond donors (Lipinski definition) is 0. The van der Waals surface area contributed by atoms with Crippen molar-refractivity contribution in [2.45, 2.75) is 57.0 Å². The molecule has 0 unspecified atom stereocenters. The number of methoxy groups -OCH3 is 1. The topological polar surface area (TPSA) is 103 Å². The van der Waals surface area contributed by atoms with E-state index in [0.29, 0.717) is 33.9 Å². The van der Waals surface area contributed by atoms with Crippen LogP contribution in [0, 0.1) is 5.82 Å². The predicted molar refractivity (Wildman–Crippen MR) is 149 cm³/mol. The van der Waals surface area contributed by atoms with Gasteiger partial charge in [-0.15, -0.1) is 0 Å². The van der Waals surface area contributed by atoms with Crippen LogP contribution in [-0.2, 0) is 20.2 Å². The zero-order valence-corrected chi connectivity index (χ0v) is 23.5. The molecule has 0 N–H and O–H groups in total. The molecule has 0 spiro atoms. The standard InChI is InChI=1S/C29H28F4N8O2/c1-34-22(29(31,32)33)13-41(19-8-9-19)11-18-5-4-16(10-20(18)30)14-43-28-25-21(12-40(2)39-25)37-26(38-28)23-24(17-6-7-17)35-15-36-27(23)42-3/h4-5,10,12-13,15,17,19H,1,6-9,11,14H2,2-3H3/b22-13-. The van der Waals surface area contributed by atoms with Crippen molar-refractivity contribution in [1.82, 2.24) is 34.6 Å². The second kappa shape index (κ2) is 11.2. The van der Waals surface area contributed by atoms with E-state index >= 15 is 4.39 Å². The Hall–Kier alpha value is -4.62. The summed E-state index contributed by atoms with van der Waals surface area (Å²) < 4.78 is 68.1. The number of fused-ring (bicyclic) bond motifs is 1. The first kappa shape index (κ1) is 28.5. The third kappa shape index (κ3) is 6.13. The molecule has 0 saturated heterocycles. The summed E-state index contributed by atoms with van der Waals surface area (Å²) in [4.78, 5) is 22.7. The zero-order chi connectivity index (χ0) is 30.3. The van der Waals surface area contributed by atoms with E-state index in [9.17, 15) is 13.2 Å². The molecule has 6 rings (SSSR count). The highest BCUT2D eigenvalue weighted by molar-refractivity contribution is 5.82. The van der Waals surface area contributed by atoms with Crippen molar-refractivity contribution in [1.29, 1.82) is 0 Å². The molecule has 4 aromatic rings. The van der Waals surface area contributed by atoms with E-state index in [1.54, 1.807) is 30.1 Å². The van der Waals surface area contributed by atoms with Crippen LogP contribution in [0.25, 0.3) is 22.4 Å². The molecule has 0 aliphatic heterocycles. The second-order valence-electron chi connectivity index (χ2n) is 10.6. The Morgan fingerprint density at radius 3 is 2.60 bits per heavy atom. The molecule has 10 nitrogen and oxygen atoms in total. The van der Waals surface area contributed by atoms with Crippen molar-refractivity contribution in [3.8, 4) is 23.1 Å². The molecule has 2 fully saturated rings. The maximum atomic E-state index is 15.2. The molecule has 14 heteroatoms. The van der Waals surface area contributed by atoms with Gasteiger partial charge in [0.1, 0.15) is 29.8 Å². The average molecular weight is 597 g/mol. The fourth-order valence-electron chi connectivity index (χ4n) is 4.83. The van der Waals surface area contributed by atoms with Crippen LogP contribution in [0.1, 0.15) is 48.4 Å². The lowest BCUT2D eigenvalue weighted by Gasteiger charge is -2.22. The number of aliphatic imine (C=N–C) groups is 1. The molecule has 0 atom stereocenters. The van der Waals surface area contributed by atoms with Gasteiger partial charge in [-0.25, -0.2) is 19.3 Å². The fraction of sp³-hybridized carbons (Fsp3) is 0.379. The van der Waals surface area contributed by atoms with Crippen LogP contribution in [0.3, 0.4) is 0 Å². The third-order valence-corrected chi connectivity index (χ3v) is 7.28. The number of benzene rings is 1. The van der Waals surface area contributed by atoms with E-state index in [1.165, 1.54) is 24.4 Å². The molecule has 0 amide bonds. The quantitative estimate of drug-likeness (QED) is 0.165. The van der Waals surface area contributed by atoms with E-state index in [-0.39, 0.29) is 36.6 Å². The molecule has 2 aliphatic carbocycles. The summed E-state index contributed by atoms with van der Waals surface area (Å²) in [6.07, 6.45) is 2.89. The van der Waals surface area contributed by atoms with Crippen LogP contribution in [0.15, 0.2) is 47.6 Å². The van der Waals surface area contributed by atoms with Crippen molar-refractivity contribution < 1.29 is 27.0 Å². The van der Waals surface area contributed by atoms with Crippen molar-refractivity contribution in [3.63, 3.8) is 0 Å². The molecule has 43 heavy (non-hydrogen) atoms. The molecule has 3 heterocycles. The maximum Gasteiger partial charge on any atom is 0.434 e. The van der Waals surface area contributed by atoms with Gasteiger partial charge in [-0.3, -0.25) is 9.67 Å². The lowest BCUT2D eigenvalue weighted by molar-refractivity contribution is -0.0934. The number of aromatic nitrogens is 6. The van der Waals surface area contributed by atoms with Gasteiger partial charge < -0.3 is 14.4 Å². The largest absolute Gasteiger partial charge is 0.480 e. The first-order valence-corrected chi connectivity index (χ1v) is 13.7. The van der Waals surface area contributed by atoms with Crippen molar-refractivity contribution in [3.05, 3.63) is 65.3 Å². The maximum absolute atomic E-state index is 15.2. The minimum Gasteiger partial charge on any atom is -0.480 e. The lowest BCUT2D eigenvalue weighted by atomic mass is 10.1. The van der Waals surface area contributed by atoms with Gasteiger partial charge in [0, 0.05) is 37.3 Å². The lowest BCUT2D eigenvalue weighted by Crippen LogP contribution is -2.23. The summed E-state index contributed by atoms with van der Waals surface area (Å²) in [5, 5.41) is 4.43. The number of allylic oxidation sites excluding steroid dienone is 1. The highest BCUT2D eigenvalue weighted by Crippen LogP contribution is 2.45. The van der Waals surface area contributed by atoms with Crippen LogP contribution in [-0.4, -0.2) is 60.7 Å². The normalized spacial score (nSPS) is 15.5. The minimum atomic E-state index is -4.65. The molecule has 2 saturated carbocycles.